The largest absolute Gasteiger partial charge is 0.495 e. The van der Waals surface area contributed by atoms with E-state index in [2.05, 4.69) is 17.9 Å². The predicted octanol–water partition coefficient (Wildman–Crippen LogP) is 4.85. The zero-order chi connectivity index (χ0) is 32.2. The first kappa shape index (κ1) is 34.6. The van der Waals surface area contributed by atoms with Gasteiger partial charge in [-0.2, -0.15) is 12.6 Å². The van der Waals surface area contributed by atoms with Gasteiger partial charge in [-0.05, 0) is 56.6 Å². The molecule has 3 heterocycles. The lowest BCUT2D eigenvalue weighted by Gasteiger charge is -2.42. The lowest BCUT2D eigenvalue weighted by molar-refractivity contribution is -0.142. The van der Waals surface area contributed by atoms with Gasteiger partial charge < -0.3 is 33.7 Å². The van der Waals surface area contributed by atoms with Crippen LogP contribution in [0.4, 0.5) is 10.5 Å². The van der Waals surface area contributed by atoms with E-state index in [1.165, 1.54) is 12.0 Å². The molecule has 0 spiro atoms. The van der Waals surface area contributed by atoms with Crippen LogP contribution >= 0.6 is 24.2 Å². The highest BCUT2D eigenvalue weighted by Gasteiger charge is 2.63. The fourth-order valence-electron chi connectivity index (χ4n) is 6.11. The Labute approximate surface area is 270 Å². The minimum Gasteiger partial charge on any atom is -0.495 e. The lowest BCUT2D eigenvalue weighted by Crippen LogP contribution is -2.63. The van der Waals surface area contributed by atoms with E-state index >= 15 is 0 Å². The quantitative estimate of drug-likeness (QED) is 0.217. The van der Waals surface area contributed by atoms with Gasteiger partial charge in [0.2, 0.25) is 5.91 Å². The van der Waals surface area contributed by atoms with Gasteiger partial charge in [0.05, 0.1) is 31.4 Å². The number of carbonyl (C=O) groups is 2. The molecule has 244 valence electrons. The minimum absolute atomic E-state index is 0.0323. The van der Waals surface area contributed by atoms with Gasteiger partial charge in [-0.3, -0.25) is 10.1 Å². The monoisotopic (exact) mass is 652 g/mol. The van der Waals surface area contributed by atoms with E-state index in [0.29, 0.717) is 29.5 Å². The summed E-state index contributed by atoms with van der Waals surface area (Å²) in [5, 5.41) is 14.5. The first-order valence-electron chi connectivity index (χ1n) is 15.0. The van der Waals surface area contributed by atoms with Crippen LogP contribution in [0.25, 0.3) is 0 Å². The maximum absolute atomic E-state index is 13.8. The number of amides is 2. The van der Waals surface area contributed by atoms with Crippen LogP contribution in [0.5, 0.6) is 5.75 Å². The molecule has 2 N–H and O–H groups in total. The number of halogens is 1. The number of allylic oxidation sites excluding steroid dienone is 3. The number of ether oxygens (including phenoxy) is 5. The van der Waals surface area contributed by atoms with Crippen molar-refractivity contribution in [2.24, 2.45) is 5.92 Å². The molecule has 0 aliphatic carbocycles. The van der Waals surface area contributed by atoms with Crippen molar-refractivity contribution in [3.8, 4) is 5.75 Å². The van der Waals surface area contributed by atoms with Gasteiger partial charge in [0.25, 0.3) is 0 Å². The average Bonchev–Trinajstić information content (AvgIpc) is 3.67. The molecule has 44 heavy (non-hydrogen) atoms. The van der Waals surface area contributed by atoms with E-state index in [1.54, 1.807) is 26.3 Å². The number of methoxy groups -OCH3 is 2. The number of benzene rings is 1. The van der Waals surface area contributed by atoms with Gasteiger partial charge in [0.1, 0.15) is 28.6 Å². The van der Waals surface area contributed by atoms with Crippen LogP contribution in [-0.2, 0) is 30.2 Å². The van der Waals surface area contributed by atoms with E-state index in [4.69, 9.17) is 35.3 Å². The molecule has 2 saturated heterocycles. The first-order chi connectivity index (χ1) is 20.9. The molecule has 7 atom stereocenters. The Morgan fingerprint density at radius 1 is 1.25 bits per heavy atom. The molecular formula is C32H45ClN2O8S. The summed E-state index contributed by atoms with van der Waals surface area (Å²) < 4.78 is 29.4. The molecule has 12 heteroatoms. The smallest absolute Gasteiger partial charge is 0.409 e. The number of aliphatic hydroxyl groups is 1. The van der Waals surface area contributed by atoms with Crippen LogP contribution in [0.15, 0.2) is 35.9 Å². The Balaban J connectivity index is 1.75. The fraction of sp³-hybridized carbons (Fsp3) is 0.625. The fourth-order valence-corrected chi connectivity index (χ4v) is 6.65. The third-order valence-corrected chi connectivity index (χ3v) is 9.52. The number of carbonyl (C=O) groups excluding carboxylic acids is 2. The second kappa shape index (κ2) is 14.4. The molecule has 4 bridgehead atoms. The van der Waals surface area contributed by atoms with E-state index in [9.17, 15) is 14.7 Å². The predicted molar refractivity (Wildman–Crippen MR) is 172 cm³/mol. The maximum atomic E-state index is 13.8. The molecule has 1 aromatic carbocycles. The number of alkyl carbamates (subject to hydrolysis) is 1. The molecule has 3 aliphatic heterocycles. The summed E-state index contributed by atoms with van der Waals surface area (Å²) in [7, 11) is 4.71. The average molecular weight is 653 g/mol. The van der Waals surface area contributed by atoms with E-state index in [1.807, 2.05) is 39.0 Å². The van der Waals surface area contributed by atoms with Crippen molar-refractivity contribution in [3.63, 3.8) is 0 Å². The topological polar surface area (TPSA) is 119 Å². The molecule has 7 unspecified atom stereocenters. The Morgan fingerprint density at radius 2 is 2.00 bits per heavy atom. The van der Waals surface area contributed by atoms with Crippen molar-refractivity contribution in [1.29, 1.82) is 0 Å². The Bertz CT molecular complexity index is 1280. The molecular weight excluding hydrogens is 608 g/mol. The van der Waals surface area contributed by atoms with Crippen LogP contribution in [-0.4, -0.2) is 86.5 Å². The van der Waals surface area contributed by atoms with Crippen molar-refractivity contribution in [3.05, 3.63) is 46.5 Å². The zero-order valence-corrected chi connectivity index (χ0v) is 28.0. The van der Waals surface area contributed by atoms with E-state index in [0.717, 1.165) is 29.7 Å². The van der Waals surface area contributed by atoms with Crippen LogP contribution in [0.1, 0.15) is 52.0 Å². The standard InChI is InChI=1S/C32H45ClN2O8S/c1-19-10-9-11-25(40-6)32(38)18-24(42-30(37)34-32)20(2)29-31(3,43-29)26(41-12-7-8-13-44)17-27(36)35(4)22-15-21(14-19)16-23(39-5)28(22)33/h9-11,15-16,20,24-26,29,38,44H,7-8,12-14,17-18H2,1-6H3,(H,34,37)/b11-9+,19-10+. The van der Waals surface area contributed by atoms with Crippen LogP contribution in [0, 0.1) is 5.92 Å². The van der Waals surface area contributed by atoms with Gasteiger partial charge in [-0.25, -0.2) is 4.79 Å². The van der Waals surface area contributed by atoms with Gasteiger partial charge >= 0.3 is 6.09 Å². The summed E-state index contributed by atoms with van der Waals surface area (Å²) >= 11 is 11.0. The van der Waals surface area contributed by atoms with Crippen molar-refractivity contribution in [1.82, 2.24) is 5.32 Å². The number of thiol groups is 1. The highest BCUT2D eigenvalue weighted by atomic mass is 35.5. The number of rotatable bonds is 7. The van der Waals surface area contributed by atoms with Crippen molar-refractivity contribution < 1.29 is 38.4 Å². The molecule has 0 radical (unpaired) electrons. The summed E-state index contributed by atoms with van der Waals surface area (Å²) in [5.74, 6) is 0.668. The number of unbranched alkanes of at least 4 members (excludes halogenated alkanes) is 1. The van der Waals surface area contributed by atoms with Gasteiger partial charge in [-0.15, -0.1) is 0 Å². The van der Waals surface area contributed by atoms with Crippen molar-refractivity contribution >= 4 is 41.9 Å². The highest BCUT2D eigenvalue weighted by molar-refractivity contribution is 7.80. The van der Waals surface area contributed by atoms with Crippen LogP contribution < -0.4 is 15.0 Å². The summed E-state index contributed by atoms with van der Waals surface area (Å²) in [6.45, 7) is 6.22. The number of anilines is 1. The Kier molecular flexibility index (Phi) is 11.3. The lowest BCUT2D eigenvalue weighted by atomic mass is 9.83. The van der Waals surface area contributed by atoms with Gasteiger partial charge in [-0.1, -0.05) is 42.3 Å². The SMILES string of the molecule is COc1cc2cc(c1Cl)N(C)C(=O)CC(OCCCCS)C1(C)OC1C(C)C1CC(O)(NC(=O)O1)C(OC)/C=C/C=C(\C)C2. The number of fused-ring (bicyclic) bond motifs is 5. The number of nitrogens with zero attached hydrogens (tertiary/aromatic N) is 1. The summed E-state index contributed by atoms with van der Waals surface area (Å²) in [6, 6.07) is 3.74. The molecule has 10 nitrogen and oxygen atoms in total. The molecule has 0 saturated carbocycles. The maximum Gasteiger partial charge on any atom is 0.409 e. The number of hydrogen-bond donors (Lipinski definition) is 3. The van der Waals surface area contributed by atoms with E-state index in [-0.39, 0.29) is 24.7 Å². The second-order valence-corrected chi connectivity index (χ2v) is 12.9. The van der Waals surface area contributed by atoms with E-state index < -0.39 is 41.8 Å². The summed E-state index contributed by atoms with van der Waals surface area (Å²) in [4.78, 5) is 28.0. The van der Waals surface area contributed by atoms with Crippen molar-refractivity contribution in [2.45, 2.75) is 88.6 Å². The Hall–Kier alpha value is -2.28. The highest BCUT2D eigenvalue weighted by Crippen LogP contribution is 2.49. The second-order valence-electron chi connectivity index (χ2n) is 12.1. The van der Waals surface area contributed by atoms with Gasteiger partial charge in [0, 0.05) is 33.1 Å². The number of nitrogens with one attached hydrogen (secondary N) is 1. The molecule has 2 fully saturated rings. The van der Waals surface area contributed by atoms with Crippen LogP contribution in [0.2, 0.25) is 5.02 Å². The third-order valence-electron chi connectivity index (χ3n) is 8.82. The number of hydrogen-bond acceptors (Lipinski definition) is 9. The molecule has 3 aliphatic rings. The molecule has 4 rings (SSSR count). The number of epoxide rings is 1. The van der Waals surface area contributed by atoms with Gasteiger partial charge in [0.15, 0.2) is 5.72 Å². The van der Waals surface area contributed by atoms with Crippen molar-refractivity contribution in [2.75, 3.05) is 38.5 Å². The summed E-state index contributed by atoms with van der Waals surface area (Å²) in [5.41, 5.74) is -0.127. The summed E-state index contributed by atoms with van der Waals surface area (Å²) in [6.07, 6.45) is 4.44. The first-order valence-corrected chi connectivity index (χ1v) is 16.0. The molecule has 1 aromatic rings. The van der Waals surface area contributed by atoms with Crippen LogP contribution in [0.3, 0.4) is 0 Å². The molecule has 2 amide bonds. The Morgan fingerprint density at radius 3 is 2.68 bits per heavy atom. The third kappa shape index (κ3) is 7.57. The normalized spacial score (nSPS) is 34.7. The minimum atomic E-state index is -1.71. The zero-order valence-electron chi connectivity index (χ0n) is 26.3. The molecule has 0 aromatic heterocycles.